The van der Waals surface area contributed by atoms with E-state index in [1.165, 1.54) is 25.3 Å². The van der Waals surface area contributed by atoms with E-state index in [4.69, 9.17) is 11.6 Å². The molecular weight excluding hydrogens is 261 g/mol. The monoisotopic (exact) mass is 283 g/mol. The fourth-order valence-corrected chi connectivity index (χ4v) is 3.62. The molecule has 2 unspecified atom stereocenters. The van der Waals surface area contributed by atoms with Gasteiger partial charge in [0, 0.05) is 16.6 Å². The van der Waals surface area contributed by atoms with Gasteiger partial charge < -0.3 is 5.32 Å². The lowest BCUT2D eigenvalue weighted by atomic mass is 9.65. The van der Waals surface area contributed by atoms with Crippen molar-refractivity contribution in [2.24, 2.45) is 11.3 Å². The first-order valence-electron chi connectivity index (χ1n) is 7.08. The van der Waals surface area contributed by atoms with Gasteiger partial charge >= 0.3 is 0 Å². The summed E-state index contributed by atoms with van der Waals surface area (Å²) >= 11 is 5.85. The summed E-state index contributed by atoms with van der Waals surface area (Å²) in [6, 6.07) is 5.08. The number of halogens is 2. The molecule has 0 bridgehead atoms. The van der Waals surface area contributed by atoms with Crippen molar-refractivity contribution in [2.75, 3.05) is 7.05 Å². The molecule has 2 atom stereocenters. The molecule has 0 amide bonds. The molecule has 0 saturated heterocycles. The van der Waals surface area contributed by atoms with Gasteiger partial charge in [0.1, 0.15) is 5.82 Å². The highest BCUT2D eigenvalue weighted by atomic mass is 35.5. The van der Waals surface area contributed by atoms with E-state index in [0.29, 0.717) is 10.9 Å². The zero-order valence-electron chi connectivity index (χ0n) is 12.0. The van der Waals surface area contributed by atoms with Gasteiger partial charge in [0.05, 0.1) is 0 Å². The van der Waals surface area contributed by atoms with Gasteiger partial charge in [-0.2, -0.15) is 0 Å². The van der Waals surface area contributed by atoms with Crippen molar-refractivity contribution in [1.29, 1.82) is 0 Å². The molecule has 0 aliphatic heterocycles. The predicted molar refractivity (Wildman–Crippen MR) is 78.9 cm³/mol. The predicted octanol–water partition coefficient (Wildman–Crippen LogP) is 4.96. The second-order valence-corrected chi connectivity index (χ2v) is 6.71. The molecule has 3 heteroatoms. The molecule has 106 valence electrons. The summed E-state index contributed by atoms with van der Waals surface area (Å²) in [5, 5.41) is 3.78. The molecule has 1 aromatic carbocycles. The molecule has 1 aromatic rings. The minimum atomic E-state index is -0.201. The van der Waals surface area contributed by atoms with Crippen LogP contribution in [0, 0.1) is 17.2 Å². The molecular formula is C16H23ClFN. The molecule has 1 fully saturated rings. The average molecular weight is 284 g/mol. The Bertz CT molecular complexity index is 444. The van der Waals surface area contributed by atoms with E-state index in [2.05, 4.69) is 19.2 Å². The SMILES string of the molecule is CNC(c1ccc(Cl)cc1F)C1CCCCC1(C)C. The maximum Gasteiger partial charge on any atom is 0.129 e. The first kappa shape index (κ1) is 14.8. The van der Waals surface area contributed by atoms with Crippen LogP contribution < -0.4 is 5.32 Å². The summed E-state index contributed by atoms with van der Waals surface area (Å²) in [5.41, 5.74) is 0.990. The van der Waals surface area contributed by atoms with Gasteiger partial charge in [0.25, 0.3) is 0 Å². The normalized spacial score (nSPS) is 24.2. The Hall–Kier alpha value is -0.600. The quantitative estimate of drug-likeness (QED) is 0.827. The highest BCUT2D eigenvalue weighted by Crippen LogP contribution is 2.47. The fourth-order valence-electron chi connectivity index (χ4n) is 3.47. The second-order valence-electron chi connectivity index (χ2n) is 6.27. The van der Waals surface area contributed by atoms with E-state index in [-0.39, 0.29) is 17.3 Å². The third kappa shape index (κ3) is 3.11. The molecule has 0 radical (unpaired) electrons. The molecule has 0 heterocycles. The lowest BCUT2D eigenvalue weighted by Gasteiger charge is -2.43. The molecule has 0 aromatic heterocycles. The lowest BCUT2D eigenvalue weighted by molar-refractivity contribution is 0.0999. The van der Waals surface area contributed by atoms with E-state index in [0.717, 1.165) is 12.0 Å². The van der Waals surface area contributed by atoms with Crippen molar-refractivity contribution in [2.45, 2.75) is 45.6 Å². The number of nitrogens with one attached hydrogen (secondary N) is 1. The van der Waals surface area contributed by atoms with E-state index < -0.39 is 0 Å². The summed E-state index contributed by atoms with van der Waals surface area (Å²) in [6.45, 7) is 4.60. The molecule has 1 aliphatic rings. The van der Waals surface area contributed by atoms with E-state index in [1.807, 2.05) is 13.1 Å². The number of hydrogen-bond acceptors (Lipinski definition) is 1. The van der Waals surface area contributed by atoms with Crippen LogP contribution in [0.3, 0.4) is 0 Å². The highest BCUT2D eigenvalue weighted by Gasteiger charge is 2.38. The molecule has 1 aliphatic carbocycles. The van der Waals surface area contributed by atoms with Gasteiger partial charge in [0.2, 0.25) is 0 Å². The smallest absolute Gasteiger partial charge is 0.129 e. The third-order valence-electron chi connectivity index (χ3n) is 4.60. The van der Waals surface area contributed by atoms with E-state index >= 15 is 0 Å². The summed E-state index contributed by atoms with van der Waals surface area (Å²) in [6.07, 6.45) is 4.89. The number of rotatable bonds is 3. The van der Waals surface area contributed by atoms with Gasteiger partial charge in [-0.05, 0) is 43.4 Å². The Morgan fingerprint density at radius 1 is 1.37 bits per heavy atom. The Morgan fingerprint density at radius 3 is 2.68 bits per heavy atom. The first-order chi connectivity index (χ1) is 8.95. The van der Waals surface area contributed by atoms with Gasteiger partial charge in [0.15, 0.2) is 0 Å². The van der Waals surface area contributed by atoms with E-state index in [1.54, 1.807) is 6.07 Å². The van der Waals surface area contributed by atoms with Crippen molar-refractivity contribution < 1.29 is 4.39 Å². The summed E-state index contributed by atoms with van der Waals surface area (Å²) in [4.78, 5) is 0. The Kier molecular flexibility index (Phi) is 4.52. The van der Waals surface area contributed by atoms with Gasteiger partial charge in [-0.15, -0.1) is 0 Å². The van der Waals surface area contributed by atoms with Crippen molar-refractivity contribution in [1.82, 2.24) is 5.32 Å². The molecule has 2 rings (SSSR count). The largest absolute Gasteiger partial charge is 0.313 e. The van der Waals surface area contributed by atoms with Crippen LogP contribution in [0.5, 0.6) is 0 Å². The minimum absolute atomic E-state index is 0.0626. The Balaban J connectivity index is 2.33. The maximum absolute atomic E-state index is 14.2. The Labute approximate surface area is 120 Å². The zero-order valence-corrected chi connectivity index (χ0v) is 12.7. The van der Waals surface area contributed by atoms with Crippen LogP contribution >= 0.6 is 11.6 Å². The van der Waals surface area contributed by atoms with Gasteiger partial charge in [-0.25, -0.2) is 4.39 Å². The number of benzene rings is 1. The van der Waals surface area contributed by atoms with Crippen LogP contribution in [0.15, 0.2) is 18.2 Å². The van der Waals surface area contributed by atoms with Crippen LogP contribution in [-0.2, 0) is 0 Å². The van der Waals surface area contributed by atoms with Gasteiger partial charge in [-0.1, -0.05) is 44.4 Å². The molecule has 1 nitrogen and oxygen atoms in total. The number of hydrogen-bond donors (Lipinski definition) is 1. The summed E-state index contributed by atoms with van der Waals surface area (Å²) < 4.78 is 14.2. The van der Waals surface area contributed by atoms with Crippen LogP contribution in [0.1, 0.15) is 51.1 Å². The van der Waals surface area contributed by atoms with Gasteiger partial charge in [-0.3, -0.25) is 0 Å². The van der Waals surface area contributed by atoms with Crippen LogP contribution in [0.25, 0.3) is 0 Å². The fraction of sp³-hybridized carbons (Fsp3) is 0.625. The molecule has 1 N–H and O–H groups in total. The van der Waals surface area contributed by atoms with Crippen LogP contribution in [0.2, 0.25) is 5.02 Å². The minimum Gasteiger partial charge on any atom is -0.313 e. The third-order valence-corrected chi connectivity index (χ3v) is 4.84. The summed E-state index contributed by atoms with van der Waals surface area (Å²) in [5.74, 6) is 0.259. The van der Waals surface area contributed by atoms with Crippen LogP contribution in [0.4, 0.5) is 4.39 Å². The molecule has 0 spiro atoms. The van der Waals surface area contributed by atoms with Crippen molar-refractivity contribution in [3.05, 3.63) is 34.6 Å². The lowest BCUT2D eigenvalue weighted by Crippen LogP contribution is -2.38. The highest BCUT2D eigenvalue weighted by molar-refractivity contribution is 6.30. The Morgan fingerprint density at radius 2 is 2.11 bits per heavy atom. The van der Waals surface area contributed by atoms with E-state index in [9.17, 15) is 4.39 Å². The molecule has 19 heavy (non-hydrogen) atoms. The first-order valence-corrected chi connectivity index (χ1v) is 7.46. The molecule has 1 saturated carbocycles. The second kappa shape index (κ2) is 5.80. The van der Waals surface area contributed by atoms with Crippen molar-refractivity contribution in [3.8, 4) is 0 Å². The van der Waals surface area contributed by atoms with Crippen molar-refractivity contribution in [3.63, 3.8) is 0 Å². The standard InChI is InChI=1S/C16H23ClFN/c1-16(2)9-5-4-6-13(16)15(19-3)12-8-7-11(17)10-14(12)18/h7-8,10,13,15,19H,4-6,9H2,1-3H3. The zero-order chi connectivity index (χ0) is 14.0. The van der Waals surface area contributed by atoms with Crippen LogP contribution in [-0.4, -0.2) is 7.05 Å². The topological polar surface area (TPSA) is 12.0 Å². The van der Waals surface area contributed by atoms with Crippen molar-refractivity contribution >= 4 is 11.6 Å². The summed E-state index contributed by atoms with van der Waals surface area (Å²) in [7, 11) is 1.92. The maximum atomic E-state index is 14.2. The average Bonchev–Trinajstić information content (AvgIpc) is 2.34.